The maximum atomic E-state index is 4.66. The van der Waals surface area contributed by atoms with E-state index in [2.05, 4.69) is 9.73 Å². The number of aliphatic imine (C=N–C) groups is 1. The monoisotopic (exact) mass is 135 g/mol. The first-order chi connectivity index (χ1) is 3.50. The van der Waals surface area contributed by atoms with Crippen molar-refractivity contribution in [1.82, 2.24) is 0 Å². The van der Waals surface area contributed by atoms with Crippen molar-refractivity contribution in [3.05, 3.63) is 24.6 Å². The second kappa shape index (κ2) is 5.72. The Balaban J connectivity index is 0.000000490. The Morgan fingerprint density at radius 3 is 3.00 bits per heavy atom. The summed E-state index contributed by atoms with van der Waals surface area (Å²) >= 11 is 0. The number of ether oxygens (including phenoxy) is 1. The van der Waals surface area contributed by atoms with Gasteiger partial charge in [-0.05, 0) is 12.2 Å². The van der Waals surface area contributed by atoms with Crippen molar-refractivity contribution >= 4 is 57.8 Å². The SMILES string of the molecule is C1=CN=COC=C1.[KH]. The third-order valence-electron chi connectivity index (χ3n) is 0.562. The van der Waals surface area contributed by atoms with Crippen LogP contribution in [0.1, 0.15) is 0 Å². The molecule has 8 heavy (non-hydrogen) atoms. The quantitative estimate of drug-likeness (QED) is 0.441. The Kier molecular flexibility index (Phi) is 6.14. The van der Waals surface area contributed by atoms with Gasteiger partial charge in [0, 0.05) is 6.20 Å². The summed E-state index contributed by atoms with van der Waals surface area (Å²) in [4.78, 5) is 3.68. The van der Waals surface area contributed by atoms with E-state index in [0.717, 1.165) is 0 Å². The summed E-state index contributed by atoms with van der Waals surface area (Å²) in [7, 11) is 0. The van der Waals surface area contributed by atoms with Crippen molar-refractivity contribution in [3.63, 3.8) is 0 Å². The number of rotatable bonds is 0. The summed E-state index contributed by atoms with van der Waals surface area (Å²) in [6, 6.07) is 0. The van der Waals surface area contributed by atoms with Gasteiger partial charge in [-0.15, -0.1) is 0 Å². The number of hydrogen-bond donors (Lipinski definition) is 0. The van der Waals surface area contributed by atoms with Gasteiger partial charge in [-0.25, -0.2) is 4.99 Å². The van der Waals surface area contributed by atoms with Crippen LogP contribution >= 0.6 is 0 Å². The number of hydrogen-bond acceptors (Lipinski definition) is 2. The van der Waals surface area contributed by atoms with Gasteiger partial charge < -0.3 is 4.74 Å². The van der Waals surface area contributed by atoms with E-state index in [0.29, 0.717) is 0 Å². The molecular formula is C5H6KNO. The van der Waals surface area contributed by atoms with Gasteiger partial charge in [-0.3, -0.25) is 0 Å². The fourth-order valence-corrected chi connectivity index (χ4v) is 0.296. The molecule has 0 fully saturated rings. The molecule has 3 heteroatoms. The maximum absolute atomic E-state index is 4.66. The molecule has 0 aromatic rings. The van der Waals surface area contributed by atoms with Crippen LogP contribution in [0.25, 0.3) is 0 Å². The molecular weight excluding hydrogens is 129 g/mol. The average molecular weight is 135 g/mol. The van der Waals surface area contributed by atoms with Gasteiger partial charge in [0.15, 0.2) is 6.40 Å². The molecule has 0 aromatic heterocycles. The predicted molar refractivity (Wildman–Crippen MR) is 35.0 cm³/mol. The van der Waals surface area contributed by atoms with E-state index in [1.807, 2.05) is 0 Å². The van der Waals surface area contributed by atoms with Gasteiger partial charge in [0.2, 0.25) is 0 Å². The van der Waals surface area contributed by atoms with Gasteiger partial charge >= 0.3 is 51.4 Å². The average Bonchev–Trinajstić information content (AvgIpc) is 1.90. The van der Waals surface area contributed by atoms with Crippen LogP contribution in [0.15, 0.2) is 29.6 Å². The van der Waals surface area contributed by atoms with Crippen LogP contribution in [-0.2, 0) is 4.74 Å². The van der Waals surface area contributed by atoms with E-state index in [1.54, 1.807) is 24.6 Å². The molecule has 0 spiro atoms. The Morgan fingerprint density at radius 1 is 1.25 bits per heavy atom. The fourth-order valence-electron chi connectivity index (χ4n) is 0.296. The first kappa shape index (κ1) is 8.59. The molecule has 0 saturated carbocycles. The molecule has 0 aromatic carbocycles. The van der Waals surface area contributed by atoms with Crippen LogP contribution in [0, 0.1) is 0 Å². The molecule has 0 saturated heterocycles. The fraction of sp³-hybridized carbons (Fsp3) is 0. The van der Waals surface area contributed by atoms with Gasteiger partial charge in [0.05, 0.1) is 6.26 Å². The van der Waals surface area contributed by atoms with E-state index in [1.165, 1.54) is 6.40 Å². The second-order valence-electron chi connectivity index (χ2n) is 1.06. The summed E-state index contributed by atoms with van der Waals surface area (Å²) in [6.07, 6.45) is 8.16. The van der Waals surface area contributed by atoms with Crippen molar-refractivity contribution in [2.45, 2.75) is 0 Å². The molecule has 0 bridgehead atoms. The molecule has 2 nitrogen and oxygen atoms in total. The third kappa shape index (κ3) is 3.57. The molecule has 0 amide bonds. The van der Waals surface area contributed by atoms with Crippen LogP contribution in [0.2, 0.25) is 0 Å². The van der Waals surface area contributed by atoms with Gasteiger partial charge in [0.25, 0.3) is 0 Å². The normalized spacial score (nSPS) is 14.0. The molecule has 1 aliphatic rings. The first-order valence-electron chi connectivity index (χ1n) is 1.99. The van der Waals surface area contributed by atoms with E-state index in [9.17, 15) is 0 Å². The summed E-state index contributed by atoms with van der Waals surface area (Å²) < 4.78 is 4.66. The Bertz CT molecular complexity index is 114. The Labute approximate surface area is 90.7 Å². The van der Waals surface area contributed by atoms with Crippen molar-refractivity contribution in [3.8, 4) is 0 Å². The zero-order valence-electron chi connectivity index (χ0n) is 3.74. The molecule has 1 aliphatic heterocycles. The van der Waals surface area contributed by atoms with Crippen molar-refractivity contribution in [1.29, 1.82) is 0 Å². The standard InChI is InChI=1S/C5H5NO.K.H/c1-2-4-7-5-6-3-1;;/h1-5H;;. The molecule has 0 N–H and O–H groups in total. The minimum absolute atomic E-state index is 0. The molecule has 1 heterocycles. The molecule has 0 aliphatic carbocycles. The summed E-state index contributed by atoms with van der Waals surface area (Å²) in [5.41, 5.74) is 0. The minimum atomic E-state index is 0. The third-order valence-corrected chi connectivity index (χ3v) is 0.562. The van der Waals surface area contributed by atoms with Crippen LogP contribution < -0.4 is 0 Å². The van der Waals surface area contributed by atoms with E-state index in [-0.39, 0.29) is 51.4 Å². The predicted octanol–water partition coefficient (Wildman–Crippen LogP) is 0.424. The Hall–Kier alpha value is 0.586. The molecule has 1 rings (SSSR count). The van der Waals surface area contributed by atoms with E-state index in [4.69, 9.17) is 0 Å². The van der Waals surface area contributed by atoms with Gasteiger partial charge in [-0.2, -0.15) is 0 Å². The molecule has 0 atom stereocenters. The summed E-state index contributed by atoms with van der Waals surface area (Å²) in [5, 5.41) is 0. The number of allylic oxidation sites excluding steroid dienone is 2. The Morgan fingerprint density at radius 2 is 2.12 bits per heavy atom. The second-order valence-corrected chi connectivity index (χ2v) is 1.06. The molecule has 38 valence electrons. The number of nitrogens with zero attached hydrogens (tertiary/aromatic N) is 1. The van der Waals surface area contributed by atoms with Gasteiger partial charge in [0.1, 0.15) is 0 Å². The van der Waals surface area contributed by atoms with Crippen LogP contribution in [0.4, 0.5) is 0 Å². The van der Waals surface area contributed by atoms with Crippen LogP contribution in [0.3, 0.4) is 0 Å². The van der Waals surface area contributed by atoms with Crippen molar-refractivity contribution in [2.24, 2.45) is 4.99 Å². The van der Waals surface area contributed by atoms with Gasteiger partial charge in [-0.1, -0.05) is 0 Å². The summed E-state index contributed by atoms with van der Waals surface area (Å²) in [5.74, 6) is 0. The van der Waals surface area contributed by atoms with E-state index >= 15 is 0 Å². The molecule has 0 radical (unpaired) electrons. The van der Waals surface area contributed by atoms with Crippen molar-refractivity contribution < 1.29 is 4.74 Å². The van der Waals surface area contributed by atoms with Crippen LogP contribution in [-0.4, -0.2) is 57.8 Å². The first-order valence-corrected chi connectivity index (χ1v) is 1.99. The molecule has 0 unspecified atom stereocenters. The topological polar surface area (TPSA) is 21.6 Å². The summed E-state index contributed by atoms with van der Waals surface area (Å²) in [6.45, 7) is 0. The zero-order chi connectivity index (χ0) is 4.95. The van der Waals surface area contributed by atoms with Crippen molar-refractivity contribution in [2.75, 3.05) is 0 Å². The zero-order valence-corrected chi connectivity index (χ0v) is 3.74. The van der Waals surface area contributed by atoms with E-state index < -0.39 is 0 Å². The van der Waals surface area contributed by atoms with Crippen LogP contribution in [0.5, 0.6) is 0 Å².